The van der Waals surface area contributed by atoms with E-state index in [-0.39, 0.29) is 0 Å². The first-order valence-corrected chi connectivity index (χ1v) is 6.86. The average Bonchev–Trinajstić information content (AvgIpc) is 2.45. The number of rotatable bonds is 2. The first kappa shape index (κ1) is 15.8. The van der Waals surface area contributed by atoms with Crippen molar-refractivity contribution < 1.29 is 9.13 Å². The van der Waals surface area contributed by atoms with Crippen LogP contribution in [0.3, 0.4) is 0 Å². The highest BCUT2D eigenvalue weighted by Crippen LogP contribution is 1.90. The lowest BCUT2D eigenvalue weighted by atomic mass is 10.3. The van der Waals surface area contributed by atoms with E-state index in [1.165, 1.54) is 11.1 Å². The van der Waals surface area contributed by atoms with Gasteiger partial charge in [0.05, 0.1) is 0 Å². The third kappa shape index (κ3) is 6.10. The van der Waals surface area contributed by atoms with Crippen LogP contribution in [-0.2, 0) is 0 Å². The predicted molar refractivity (Wildman–Crippen MR) is 84.8 cm³/mol. The molecule has 2 aromatic heterocycles. The molecule has 2 aromatic rings. The van der Waals surface area contributed by atoms with Crippen molar-refractivity contribution in [2.75, 3.05) is 0 Å². The minimum Gasteiger partial charge on any atom is -0.174 e. The van der Waals surface area contributed by atoms with Crippen molar-refractivity contribution in [3.63, 3.8) is 0 Å². The molecule has 0 radical (unpaired) electrons. The number of nitrogens with zero attached hydrogens (tertiary/aromatic N) is 2. The molecule has 0 aliphatic heterocycles. The van der Waals surface area contributed by atoms with Crippen LogP contribution in [-0.4, -0.2) is 0 Å². The van der Waals surface area contributed by atoms with Gasteiger partial charge in [0, 0.05) is 24.3 Å². The van der Waals surface area contributed by atoms with Crippen molar-refractivity contribution >= 4 is 12.4 Å². The van der Waals surface area contributed by atoms with Crippen molar-refractivity contribution in [3.05, 3.63) is 72.3 Å². The van der Waals surface area contributed by atoms with Crippen LogP contribution in [0.25, 0.3) is 12.4 Å². The van der Waals surface area contributed by atoms with Crippen LogP contribution < -0.4 is 9.13 Å². The van der Waals surface area contributed by atoms with Crippen molar-refractivity contribution in [2.24, 2.45) is 0 Å². The molecule has 0 bridgehead atoms. The lowest BCUT2D eigenvalue weighted by molar-refractivity contribution is -0.568. The molecule has 0 amide bonds. The fourth-order valence-electron chi connectivity index (χ4n) is 1.57. The summed E-state index contributed by atoms with van der Waals surface area (Å²) in [5.74, 6) is 0. The Bertz CT molecular complexity index is 495. The highest BCUT2D eigenvalue weighted by Gasteiger charge is 1.90. The van der Waals surface area contributed by atoms with E-state index in [1.54, 1.807) is 0 Å². The Labute approximate surface area is 122 Å². The van der Waals surface area contributed by atoms with Gasteiger partial charge in [-0.3, -0.25) is 0 Å². The predicted octanol–water partition coefficient (Wildman–Crippen LogP) is 3.55. The van der Waals surface area contributed by atoms with E-state index in [0.717, 1.165) is 0 Å². The fraction of sp³-hybridized carbons (Fsp3) is 0.222. The largest absolute Gasteiger partial charge is 0.174 e. The summed E-state index contributed by atoms with van der Waals surface area (Å²) in [4.78, 5) is 0. The highest BCUT2D eigenvalue weighted by atomic mass is 14.9. The number of aromatic nitrogens is 2. The minimum absolute atomic E-state index is 1.29. The molecule has 0 aliphatic rings. The molecule has 0 aliphatic carbocycles. The summed E-state index contributed by atoms with van der Waals surface area (Å²) >= 11 is 0. The van der Waals surface area contributed by atoms with Gasteiger partial charge < -0.3 is 0 Å². The summed E-state index contributed by atoms with van der Waals surface area (Å²) in [7, 11) is 0. The van der Waals surface area contributed by atoms with E-state index in [9.17, 15) is 0 Å². The second kappa shape index (κ2) is 8.81. The van der Waals surface area contributed by atoms with Crippen molar-refractivity contribution in [1.82, 2.24) is 0 Å². The number of aryl methyl sites for hydroxylation is 2. The van der Waals surface area contributed by atoms with Crippen LogP contribution >= 0.6 is 0 Å². The molecule has 0 fully saturated rings. The molecule has 2 heteroatoms. The van der Waals surface area contributed by atoms with Crippen LogP contribution in [0.5, 0.6) is 0 Å². The Hall–Kier alpha value is -2.22. The van der Waals surface area contributed by atoms with Crippen LogP contribution in [0.2, 0.25) is 0 Å². The monoisotopic (exact) mass is 268 g/mol. The number of hydrogen-bond donors (Lipinski definition) is 0. The van der Waals surface area contributed by atoms with Gasteiger partial charge in [0.25, 0.3) is 0 Å². The SMILES string of the molecule is CC=C[n+]1ccc(C)cc1.CC=C[n+]1ccc(C)cc1. The Kier molecular flexibility index (Phi) is 6.97. The molecule has 0 N–H and O–H groups in total. The molecular weight excluding hydrogens is 244 g/mol. The molecule has 0 unspecified atom stereocenters. The molecule has 20 heavy (non-hydrogen) atoms. The maximum absolute atomic E-state index is 2.08. The molecule has 0 saturated heterocycles. The van der Waals surface area contributed by atoms with E-state index >= 15 is 0 Å². The summed E-state index contributed by atoms with van der Waals surface area (Å²) in [5.41, 5.74) is 2.58. The van der Waals surface area contributed by atoms with Crippen LogP contribution in [0.4, 0.5) is 0 Å². The molecule has 104 valence electrons. The first-order chi connectivity index (χ1) is 9.65. The topological polar surface area (TPSA) is 7.76 Å². The van der Waals surface area contributed by atoms with Gasteiger partial charge in [-0.25, -0.2) is 0 Å². The normalized spacial score (nSPS) is 10.6. The number of hydrogen-bond acceptors (Lipinski definition) is 0. The first-order valence-electron chi connectivity index (χ1n) is 6.86. The standard InChI is InChI=1S/2C9H12N/c2*1-3-6-10-7-4-9(2)5-8-10/h2*3-8H,1-2H3/q2*+1. The van der Waals surface area contributed by atoms with Crippen LogP contribution in [0.15, 0.2) is 61.2 Å². The summed E-state index contributed by atoms with van der Waals surface area (Å²) < 4.78 is 4.04. The lowest BCUT2D eigenvalue weighted by Crippen LogP contribution is -2.23. The molecule has 0 spiro atoms. The maximum atomic E-state index is 2.08. The van der Waals surface area contributed by atoms with Gasteiger partial charge in [0.2, 0.25) is 0 Å². The summed E-state index contributed by atoms with van der Waals surface area (Å²) in [6.45, 7) is 8.18. The quantitative estimate of drug-likeness (QED) is 0.736. The number of allylic oxidation sites excluding steroid dienone is 2. The molecule has 2 rings (SSSR count). The molecule has 2 nitrogen and oxygen atoms in total. The lowest BCUT2D eigenvalue weighted by Gasteiger charge is -1.86. The van der Waals surface area contributed by atoms with Crippen molar-refractivity contribution in [1.29, 1.82) is 0 Å². The van der Waals surface area contributed by atoms with Gasteiger partial charge >= 0.3 is 0 Å². The maximum Gasteiger partial charge on any atom is 0.174 e. The third-order valence-corrected chi connectivity index (χ3v) is 2.68. The van der Waals surface area contributed by atoms with E-state index < -0.39 is 0 Å². The Morgan fingerprint density at radius 1 is 0.650 bits per heavy atom. The van der Waals surface area contributed by atoms with Gasteiger partial charge in [0.15, 0.2) is 37.2 Å². The molecule has 2 heterocycles. The Morgan fingerprint density at radius 3 is 1.20 bits per heavy atom. The third-order valence-electron chi connectivity index (χ3n) is 2.68. The average molecular weight is 268 g/mol. The molecular formula is C18H24N2+2. The summed E-state index contributed by atoms with van der Waals surface area (Å²) in [5, 5.41) is 0. The van der Waals surface area contributed by atoms with E-state index in [4.69, 9.17) is 0 Å². The number of pyridine rings is 2. The second-order valence-electron chi connectivity index (χ2n) is 4.61. The van der Waals surface area contributed by atoms with Gasteiger partial charge in [-0.05, 0) is 51.0 Å². The van der Waals surface area contributed by atoms with Gasteiger partial charge in [-0.1, -0.05) is 0 Å². The smallest absolute Gasteiger partial charge is 0.174 e. The van der Waals surface area contributed by atoms with Gasteiger partial charge in [0.1, 0.15) is 0 Å². The minimum atomic E-state index is 1.29. The fourth-order valence-corrected chi connectivity index (χ4v) is 1.57. The molecule has 0 saturated carbocycles. The summed E-state index contributed by atoms with van der Waals surface area (Å²) in [6, 6.07) is 8.33. The second-order valence-corrected chi connectivity index (χ2v) is 4.61. The van der Waals surface area contributed by atoms with Gasteiger partial charge in [-0.2, -0.15) is 9.13 Å². The van der Waals surface area contributed by atoms with Crippen molar-refractivity contribution in [3.8, 4) is 0 Å². The zero-order valence-corrected chi connectivity index (χ0v) is 12.8. The molecule has 0 atom stereocenters. The Balaban J connectivity index is 0.000000200. The van der Waals surface area contributed by atoms with Gasteiger partial charge in [-0.15, -0.1) is 0 Å². The van der Waals surface area contributed by atoms with E-state index in [1.807, 2.05) is 72.3 Å². The zero-order chi connectivity index (χ0) is 14.8. The van der Waals surface area contributed by atoms with E-state index in [0.29, 0.717) is 0 Å². The molecule has 0 aromatic carbocycles. The highest BCUT2D eigenvalue weighted by molar-refractivity contribution is 5.09. The zero-order valence-electron chi connectivity index (χ0n) is 12.8. The van der Waals surface area contributed by atoms with E-state index in [2.05, 4.69) is 38.1 Å². The van der Waals surface area contributed by atoms with Crippen LogP contribution in [0.1, 0.15) is 25.0 Å². The van der Waals surface area contributed by atoms with Crippen molar-refractivity contribution in [2.45, 2.75) is 27.7 Å². The summed E-state index contributed by atoms with van der Waals surface area (Å²) in [6.07, 6.45) is 16.2. The Morgan fingerprint density at radius 2 is 0.950 bits per heavy atom. The van der Waals surface area contributed by atoms with Crippen LogP contribution in [0, 0.1) is 13.8 Å².